The van der Waals surface area contributed by atoms with Crippen molar-refractivity contribution in [3.05, 3.63) is 93.4 Å². The molecule has 2 aliphatic heterocycles. The Kier molecular flexibility index (Phi) is 5.44. The van der Waals surface area contributed by atoms with Crippen LogP contribution in [0, 0.1) is 12.8 Å². The monoisotopic (exact) mass is 481 g/mol. The van der Waals surface area contributed by atoms with Gasteiger partial charge in [0.25, 0.3) is 5.56 Å². The lowest BCUT2D eigenvalue weighted by molar-refractivity contribution is -0.136. The summed E-state index contributed by atoms with van der Waals surface area (Å²) < 4.78 is 1.48. The Hall–Kier alpha value is -4.20. The second-order valence-corrected chi connectivity index (χ2v) is 9.74. The van der Waals surface area contributed by atoms with E-state index in [-0.39, 0.29) is 36.3 Å². The Morgan fingerprint density at radius 2 is 1.86 bits per heavy atom. The number of nitrogens with one attached hydrogen (secondary N) is 1. The van der Waals surface area contributed by atoms with Crippen LogP contribution in [0.2, 0.25) is 0 Å². The average molecular weight is 482 g/mol. The van der Waals surface area contributed by atoms with E-state index in [0.717, 1.165) is 16.8 Å². The molecule has 8 heteroatoms. The third-order valence-electron chi connectivity index (χ3n) is 7.22. The number of nitrogens with zero attached hydrogens (tertiary/aromatic N) is 4. The molecule has 0 aliphatic carbocycles. The van der Waals surface area contributed by atoms with Crippen molar-refractivity contribution < 1.29 is 9.59 Å². The maximum Gasteiger partial charge on any atom is 0.276 e. The zero-order valence-electron chi connectivity index (χ0n) is 20.1. The van der Waals surface area contributed by atoms with Gasteiger partial charge in [0.1, 0.15) is 0 Å². The van der Waals surface area contributed by atoms with Crippen molar-refractivity contribution in [1.29, 1.82) is 0 Å². The number of hydrogen-bond donors (Lipinski definition) is 1. The van der Waals surface area contributed by atoms with Crippen LogP contribution in [-0.4, -0.2) is 49.3 Å². The number of carbonyl (C=O) groups excluding carboxylic acids is 2. The second-order valence-electron chi connectivity index (χ2n) is 9.74. The number of aryl methyl sites for hydroxylation is 1. The summed E-state index contributed by atoms with van der Waals surface area (Å²) in [6.45, 7) is 3.70. The van der Waals surface area contributed by atoms with E-state index >= 15 is 0 Å². The van der Waals surface area contributed by atoms with Gasteiger partial charge in [-0.15, -0.1) is 0 Å². The van der Waals surface area contributed by atoms with E-state index in [1.807, 2.05) is 67.6 Å². The van der Waals surface area contributed by atoms with Crippen molar-refractivity contribution in [1.82, 2.24) is 24.4 Å². The maximum absolute atomic E-state index is 13.4. The van der Waals surface area contributed by atoms with Gasteiger partial charge in [-0.05, 0) is 24.5 Å². The maximum atomic E-state index is 13.4. The molecule has 6 rings (SSSR count). The van der Waals surface area contributed by atoms with Crippen LogP contribution >= 0.6 is 0 Å². The number of amides is 2. The predicted octanol–water partition coefficient (Wildman–Crippen LogP) is 2.93. The Morgan fingerprint density at radius 1 is 1.08 bits per heavy atom. The highest BCUT2D eigenvalue weighted by Crippen LogP contribution is 2.26. The molecule has 2 aliphatic rings. The molecule has 1 fully saturated rings. The molecule has 0 unspecified atom stereocenters. The number of H-pyrrole nitrogens is 1. The molecule has 2 aromatic carbocycles. The normalized spacial score (nSPS) is 17.6. The van der Waals surface area contributed by atoms with Gasteiger partial charge in [-0.3, -0.25) is 19.5 Å². The van der Waals surface area contributed by atoms with Gasteiger partial charge >= 0.3 is 0 Å². The van der Waals surface area contributed by atoms with Crippen LogP contribution in [0.1, 0.15) is 28.8 Å². The molecule has 0 bridgehead atoms. The molecule has 1 saturated heterocycles. The summed E-state index contributed by atoms with van der Waals surface area (Å²) in [5.74, 6) is -0.405. The first-order valence-electron chi connectivity index (χ1n) is 12.3. The molecule has 4 heterocycles. The van der Waals surface area contributed by atoms with Crippen molar-refractivity contribution in [2.75, 3.05) is 13.1 Å². The minimum absolute atomic E-state index is 0.00479. The number of carbonyl (C=O) groups is 2. The van der Waals surface area contributed by atoms with Crippen LogP contribution < -0.4 is 5.56 Å². The van der Waals surface area contributed by atoms with E-state index < -0.39 is 0 Å². The number of rotatable bonds is 4. The highest BCUT2D eigenvalue weighted by atomic mass is 16.2. The molecule has 36 heavy (non-hydrogen) atoms. The SMILES string of the molecule is Cc1ccc(CN2C[C@@H](C(=O)N3CCc4c(nc5cc(-c6ccccc6)[nH]n5c4=O)C3)CC2=O)cc1. The Bertz CT molecular complexity index is 1520. The summed E-state index contributed by atoms with van der Waals surface area (Å²) in [5, 5.41) is 3.16. The third-order valence-corrected chi connectivity index (χ3v) is 7.22. The molecular weight excluding hydrogens is 454 g/mol. The summed E-state index contributed by atoms with van der Waals surface area (Å²) in [6, 6.07) is 19.7. The summed E-state index contributed by atoms with van der Waals surface area (Å²) in [6.07, 6.45) is 0.671. The predicted molar refractivity (Wildman–Crippen MR) is 135 cm³/mol. The Labute approximate surface area is 208 Å². The molecule has 2 amide bonds. The lowest BCUT2D eigenvalue weighted by Crippen LogP contribution is -2.43. The average Bonchev–Trinajstić information content (AvgIpc) is 3.49. The lowest BCUT2D eigenvalue weighted by Gasteiger charge is -2.29. The van der Waals surface area contributed by atoms with Gasteiger partial charge in [0.15, 0.2) is 5.65 Å². The largest absolute Gasteiger partial charge is 0.338 e. The number of aromatic amines is 1. The van der Waals surface area contributed by atoms with Crippen molar-refractivity contribution in [3.8, 4) is 11.3 Å². The van der Waals surface area contributed by atoms with Gasteiger partial charge < -0.3 is 9.80 Å². The molecule has 0 saturated carbocycles. The Morgan fingerprint density at radius 3 is 2.64 bits per heavy atom. The molecule has 2 aromatic heterocycles. The fraction of sp³-hybridized carbons (Fsp3) is 0.286. The van der Waals surface area contributed by atoms with Crippen molar-refractivity contribution in [3.63, 3.8) is 0 Å². The van der Waals surface area contributed by atoms with Gasteiger partial charge in [0.05, 0.1) is 23.9 Å². The number of likely N-dealkylation sites (tertiary alicyclic amines) is 1. The summed E-state index contributed by atoms with van der Waals surface area (Å²) >= 11 is 0. The molecule has 182 valence electrons. The number of fused-ring (bicyclic) bond motifs is 2. The molecule has 4 aromatic rings. The van der Waals surface area contributed by atoms with Gasteiger partial charge in [-0.1, -0.05) is 60.2 Å². The van der Waals surface area contributed by atoms with Crippen molar-refractivity contribution >= 4 is 17.5 Å². The van der Waals surface area contributed by atoms with Gasteiger partial charge in [0, 0.05) is 37.7 Å². The first kappa shape index (κ1) is 22.3. The Balaban J connectivity index is 1.19. The summed E-state index contributed by atoms with van der Waals surface area (Å²) in [7, 11) is 0. The molecular formula is C28H27N5O3. The van der Waals surface area contributed by atoms with E-state index in [2.05, 4.69) is 5.10 Å². The fourth-order valence-electron chi connectivity index (χ4n) is 5.21. The van der Waals surface area contributed by atoms with Crippen LogP contribution in [0.15, 0.2) is 65.5 Å². The molecule has 0 radical (unpaired) electrons. The zero-order valence-corrected chi connectivity index (χ0v) is 20.1. The van der Waals surface area contributed by atoms with Crippen LogP contribution in [0.3, 0.4) is 0 Å². The topological polar surface area (TPSA) is 90.8 Å². The first-order chi connectivity index (χ1) is 17.5. The highest BCUT2D eigenvalue weighted by Gasteiger charge is 2.37. The molecule has 0 spiro atoms. The number of hydrogen-bond acceptors (Lipinski definition) is 4. The smallest absolute Gasteiger partial charge is 0.276 e. The van der Waals surface area contributed by atoms with E-state index in [4.69, 9.17) is 4.98 Å². The van der Waals surface area contributed by atoms with E-state index in [9.17, 15) is 14.4 Å². The zero-order chi connectivity index (χ0) is 24.8. The summed E-state index contributed by atoms with van der Waals surface area (Å²) in [4.78, 5) is 47.4. The minimum atomic E-state index is -0.369. The van der Waals surface area contributed by atoms with Crippen LogP contribution in [0.5, 0.6) is 0 Å². The van der Waals surface area contributed by atoms with Gasteiger partial charge in [0.2, 0.25) is 11.8 Å². The highest BCUT2D eigenvalue weighted by molar-refractivity contribution is 5.89. The van der Waals surface area contributed by atoms with Crippen LogP contribution in [0.25, 0.3) is 16.9 Å². The summed E-state index contributed by atoms with van der Waals surface area (Å²) in [5.41, 5.74) is 5.71. The van der Waals surface area contributed by atoms with Gasteiger partial charge in [-0.25, -0.2) is 9.50 Å². The third kappa shape index (κ3) is 3.98. The second kappa shape index (κ2) is 8.78. The van der Waals surface area contributed by atoms with Crippen molar-refractivity contribution in [2.24, 2.45) is 5.92 Å². The lowest BCUT2D eigenvalue weighted by atomic mass is 10.0. The standard InChI is InChI=1S/C28H27N5O3/c1-18-7-9-19(10-8-18)15-32-16-21(13-26(32)34)27(35)31-12-11-22-24(17-31)29-25-14-23(30-33(25)28(22)36)20-5-3-2-4-6-20/h2-10,14,21,30H,11-13,15-17H2,1H3/t21-/m0/s1. The molecule has 1 N–H and O–H groups in total. The number of benzene rings is 2. The van der Waals surface area contributed by atoms with Crippen LogP contribution in [-0.2, 0) is 29.1 Å². The number of aromatic nitrogens is 3. The van der Waals surface area contributed by atoms with E-state index in [1.165, 1.54) is 10.1 Å². The molecule has 8 nitrogen and oxygen atoms in total. The van der Waals surface area contributed by atoms with E-state index in [0.29, 0.717) is 43.0 Å². The fourth-order valence-corrected chi connectivity index (χ4v) is 5.21. The van der Waals surface area contributed by atoms with Crippen LogP contribution in [0.4, 0.5) is 0 Å². The molecule has 1 atom stereocenters. The first-order valence-corrected chi connectivity index (χ1v) is 12.3. The minimum Gasteiger partial charge on any atom is -0.338 e. The van der Waals surface area contributed by atoms with Crippen molar-refractivity contribution in [2.45, 2.75) is 32.9 Å². The van der Waals surface area contributed by atoms with Gasteiger partial charge in [-0.2, -0.15) is 0 Å². The van der Waals surface area contributed by atoms with E-state index in [1.54, 1.807) is 9.80 Å². The quantitative estimate of drug-likeness (QED) is 0.485.